The average molecular weight is 378 g/mol. The predicted molar refractivity (Wildman–Crippen MR) is 83.6 cm³/mol. The van der Waals surface area contributed by atoms with Gasteiger partial charge in [-0.3, -0.25) is 0 Å². The summed E-state index contributed by atoms with van der Waals surface area (Å²) < 4.78 is 33.8. The summed E-state index contributed by atoms with van der Waals surface area (Å²) in [5, 5.41) is 9.24. The highest BCUT2D eigenvalue weighted by Crippen LogP contribution is 2.28. The van der Waals surface area contributed by atoms with Gasteiger partial charge in [0.1, 0.15) is 0 Å². The van der Waals surface area contributed by atoms with Crippen LogP contribution in [0, 0.1) is 6.92 Å². The zero-order valence-electron chi connectivity index (χ0n) is 12.1. The Bertz CT molecular complexity index is 618. The van der Waals surface area contributed by atoms with Crippen molar-refractivity contribution in [2.75, 3.05) is 7.11 Å². The van der Waals surface area contributed by atoms with E-state index in [9.17, 15) is 13.5 Å². The Morgan fingerprint density at radius 2 is 2.14 bits per heavy atom. The predicted octanol–water partition coefficient (Wildman–Crippen LogP) is 2.10. The maximum atomic E-state index is 12.6. The second kappa shape index (κ2) is 6.75. The molecule has 0 bridgehead atoms. The van der Waals surface area contributed by atoms with Crippen LogP contribution in [0.3, 0.4) is 0 Å². The number of hydrogen-bond acceptors (Lipinski definition) is 4. The average Bonchev–Trinajstić information content (AvgIpc) is 2.88. The molecule has 2 rings (SSSR count). The highest BCUT2D eigenvalue weighted by Gasteiger charge is 2.29. The Hall–Kier alpha value is -0.470. The van der Waals surface area contributed by atoms with E-state index in [-0.39, 0.29) is 23.6 Å². The van der Waals surface area contributed by atoms with Crippen molar-refractivity contribution < 1.29 is 18.3 Å². The van der Waals surface area contributed by atoms with Crippen molar-refractivity contribution in [3.05, 3.63) is 27.7 Å². The minimum absolute atomic E-state index is 0.101. The van der Waals surface area contributed by atoms with Crippen LogP contribution >= 0.6 is 15.9 Å². The molecule has 5 nitrogen and oxygen atoms in total. The fourth-order valence-corrected chi connectivity index (χ4v) is 4.86. The standard InChI is InChI=1S/C14H20BrNO4S/c1-9-13(15)5-10(8-17)6-14(9)21(18,19)16-11-3-4-12(7-11)20-2/h5-6,11-12,16-17H,3-4,7-8H2,1-2H3. The second-order valence-electron chi connectivity index (χ2n) is 5.35. The molecule has 2 unspecified atom stereocenters. The van der Waals surface area contributed by atoms with Crippen molar-refractivity contribution >= 4 is 26.0 Å². The van der Waals surface area contributed by atoms with Gasteiger partial charge in [-0.25, -0.2) is 13.1 Å². The Kier molecular flexibility index (Phi) is 5.43. The van der Waals surface area contributed by atoms with E-state index in [0.29, 0.717) is 22.0 Å². The molecule has 0 saturated heterocycles. The van der Waals surface area contributed by atoms with Gasteiger partial charge in [-0.05, 0) is 49.4 Å². The SMILES string of the molecule is COC1CCC(NS(=O)(=O)c2cc(CO)cc(Br)c2C)C1. The molecule has 118 valence electrons. The lowest BCUT2D eigenvalue weighted by Crippen LogP contribution is -2.34. The number of aliphatic hydroxyl groups excluding tert-OH is 1. The van der Waals surface area contributed by atoms with Gasteiger partial charge in [0.2, 0.25) is 10.0 Å². The van der Waals surface area contributed by atoms with Crippen molar-refractivity contribution in [2.45, 2.75) is 49.8 Å². The molecule has 0 aliphatic heterocycles. The van der Waals surface area contributed by atoms with Gasteiger partial charge in [0.25, 0.3) is 0 Å². The lowest BCUT2D eigenvalue weighted by molar-refractivity contribution is 0.107. The number of ether oxygens (including phenoxy) is 1. The van der Waals surface area contributed by atoms with Crippen LogP contribution in [-0.2, 0) is 21.4 Å². The maximum absolute atomic E-state index is 12.6. The first-order valence-corrected chi connectivity index (χ1v) is 9.10. The largest absolute Gasteiger partial charge is 0.392 e. The van der Waals surface area contributed by atoms with Gasteiger partial charge in [-0.1, -0.05) is 15.9 Å². The van der Waals surface area contributed by atoms with E-state index in [1.165, 1.54) is 6.07 Å². The number of hydrogen-bond donors (Lipinski definition) is 2. The first-order chi connectivity index (χ1) is 9.87. The molecule has 1 aromatic rings. The highest BCUT2D eigenvalue weighted by molar-refractivity contribution is 9.10. The third kappa shape index (κ3) is 3.84. The number of nitrogens with one attached hydrogen (secondary N) is 1. The third-order valence-electron chi connectivity index (χ3n) is 3.87. The molecule has 21 heavy (non-hydrogen) atoms. The normalized spacial score (nSPS) is 22.7. The van der Waals surface area contributed by atoms with Crippen LogP contribution in [0.25, 0.3) is 0 Å². The van der Waals surface area contributed by atoms with Gasteiger partial charge in [0.05, 0.1) is 17.6 Å². The van der Waals surface area contributed by atoms with Gasteiger partial charge in [0, 0.05) is 17.6 Å². The summed E-state index contributed by atoms with van der Waals surface area (Å²) in [5.74, 6) is 0. The molecule has 0 aromatic heterocycles. The summed E-state index contributed by atoms with van der Waals surface area (Å²) in [7, 11) is -1.96. The maximum Gasteiger partial charge on any atom is 0.241 e. The Balaban J connectivity index is 2.26. The van der Waals surface area contributed by atoms with E-state index in [1.54, 1.807) is 20.1 Å². The number of aliphatic hydroxyl groups is 1. The molecular formula is C14H20BrNO4S. The molecule has 2 N–H and O–H groups in total. The van der Waals surface area contributed by atoms with E-state index in [4.69, 9.17) is 4.74 Å². The lowest BCUT2D eigenvalue weighted by atomic mass is 10.2. The summed E-state index contributed by atoms with van der Waals surface area (Å²) in [4.78, 5) is 0.210. The fourth-order valence-electron chi connectivity index (χ4n) is 2.62. The van der Waals surface area contributed by atoms with E-state index in [2.05, 4.69) is 20.7 Å². The second-order valence-corrected chi connectivity index (χ2v) is 7.88. The van der Waals surface area contributed by atoms with Gasteiger partial charge >= 0.3 is 0 Å². The van der Waals surface area contributed by atoms with Crippen molar-refractivity contribution in [3.8, 4) is 0 Å². The number of methoxy groups -OCH3 is 1. The van der Waals surface area contributed by atoms with Crippen LogP contribution in [0.15, 0.2) is 21.5 Å². The minimum Gasteiger partial charge on any atom is -0.392 e. The lowest BCUT2D eigenvalue weighted by Gasteiger charge is -2.16. The fraction of sp³-hybridized carbons (Fsp3) is 0.571. The van der Waals surface area contributed by atoms with E-state index < -0.39 is 10.0 Å². The zero-order chi connectivity index (χ0) is 15.6. The summed E-state index contributed by atoms with van der Waals surface area (Å²) in [6.45, 7) is 1.54. The van der Waals surface area contributed by atoms with Crippen LogP contribution in [0.2, 0.25) is 0 Å². The van der Waals surface area contributed by atoms with E-state index >= 15 is 0 Å². The summed E-state index contributed by atoms with van der Waals surface area (Å²) >= 11 is 3.34. The van der Waals surface area contributed by atoms with Gasteiger partial charge in [0.15, 0.2) is 0 Å². The first-order valence-electron chi connectivity index (χ1n) is 6.82. The molecule has 1 aliphatic carbocycles. The van der Waals surface area contributed by atoms with Crippen LogP contribution in [0.5, 0.6) is 0 Å². The van der Waals surface area contributed by atoms with E-state index in [0.717, 1.165) is 12.8 Å². The molecule has 1 aromatic carbocycles. The van der Waals surface area contributed by atoms with Gasteiger partial charge in [-0.2, -0.15) is 0 Å². The van der Waals surface area contributed by atoms with Crippen molar-refractivity contribution in [2.24, 2.45) is 0 Å². The Labute approximate surface area is 133 Å². The monoisotopic (exact) mass is 377 g/mol. The minimum atomic E-state index is -3.61. The first kappa shape index (κ1) is 16.9. The summed E-state index contributed by atoms with van der Waals surface area (Å²) in [6.07, 6.45) is 2.45. The van der Waals surface area contributed by atoms with Crippen molar-refractivity contribution in [3.63, 3.8) is 0 Å². The quantitative estimate of drug-likeness (QED) is 0.823. The van der Waals surface area contributed by atoms with Crippen molar-refractivity contribution in [1.29, 1.82) is 0 Å². The summed E-state index contributed by atoms with van der Waals surface area (Å²) in [5.41, 5.74) is 1.20. The molecule has 1 aliphatic rings. The third-order valence-corrected chi connectivity index (χ3v) is 6.34. The van der Waals surface area contributed by atoms with Crippen LogP contribution in [-0.4, -0.2) is 32.8 Å². The number of sulfonamides is 1. The van der Waals surface area contributed by atoms with Crippen LogP contribution in [0.1, 0.15) is 30.4 Å². The zero-order valence-corrected chi connectivity index (χ0v) is 14.5. The van der Waals surface area contributed by atoms with Crippen LogP contribution in [0.4, 0.5) is 0 Å². The topological polar surface area (TPSA) is 75.6 Å². The van der Waals surface area contributed by atoms with E-state index in [1.807, 2.05) is 0 Å². The summed E-state index contributed by atoms with van der Waals surface area (Å²) in [6, 6.07) is 3.15. The molecule has 0 heterocycles. The molecule has 2 atom stereocenters. The Morgan fingerprint density at radius 1 is 1.43 bits per heavy atom. The molecular weight excluding hydrogens is 358 g/mol. The van der Waals surface area contributed by atoms with Crippen LogP contribution < -0.4 is 4.72 Å². The molecule has 1 saturated carbocycles. The Morgan fingerprint density at radius 3 is 2.71 bits per heavy atom. The molecule has 0 spiro atoms. The molecule has 7 heteroatoms. The number of rotatable bonds is 5. The van der Waals surface area contributed by atoms with Gasteiger partial charge < -0.3 is 9.84 Å². The molecule has 1 fully saturated rings. The smallest absolute Gasteiger partial charge is 0.241 e. The number of halogens is 1. The number of benzene rings is 1. The molecule has 0 radical (unpaired) electrons. The molecule has 0 amide bonds. The van der Waals surface area contributed by atoms with Gasteiger partial charge in [-0.15, -0.1) is 0 Å². The highest BCUT2D eigenvalue weighted by atomic mass is 79.9. The van der Waals surface area contributed by atoms with Crippen molar-refractivity contribution in [1.82, 2.24) is 4.72 Å².